The van der Waals surface area contributed by atoms with Crippen LogP contribution in [-0.4, -0.2) is 11.0 Å². The molecule has 0 saturated carbocycles. The van der Waals surface area contributed by atoms with E-state index in [0.29, 0.717) is 12.1 Å². The Morgan fingerprint density at radius 1 is 1.16 bits per heavy atom. The van der Waals surface area contributed by atoms with Crippen molar-refractivity contribution in [3.05, 3.63) is 59.2 Å². The van der Waals surface area contributed by atoms with Crippen LogP contribution in [0.4, 0.5) is 11.4 Å². The number of hydrogen-bond donors (Lipinski definition) is 3. The molecular formula is C15H14N2O2. The number of hydrogen-bond acceptors (Lipinski definition) is 3. The van der Waals surface area contributed by atoms with Crippen LogP contribution in [0.1, 0.15) is 22.8 Å². The van der Waals surface area contributed by atoms with Crippen LogP contribution in [-0.2, 0) is 11.2 Å². The van der Waals surface area contributed by atoms with E-state index in [-0.39, 0.29) is 5.91 Å². The molecule has 4 heteroatoms. The molecule has 0 bridgehead atoms. The van der Waals surface area contributed by atoms with Crippen molar-refractivity contribution in [1.82, 2.24) is 0 Å². The number of aliphatic hydroxyl groups is 1. The van der Waals surface area contributed by atoms with E-state index in [9.17, 15) is 9.90 Å². The number of fused-ring (bicyclic) bond motifs is 1. The highest BCUT2D eigenvalue weighted by Crippen LogP contribution is 2.29. The van der Waals surface area contributed by atoms with Crippen molar-refractivity contribution < 1.29 is 9.90 Å². The lowest BCUT2D eigenvalue weighted by molar-refractivity contribution is -0.115. The van der Waals surface area contributed by atoms with Crippen molar-refractivity contribution in [3.8, 4) is 0 Å². The smallest absolute Gasteiger partial charge is 0.228 e. The van der Waals surface area contributed by atoms with E-state index in [0.717, 1.165) is 22.4 Å². The Hall–Kier alpha value is -2.33. The topological polar surface area (TPSA) is 75.3 Å². The van der Waals surface area contributed by atoms with Gasteiger partial charge in [-0.25, -0.2) is 0 Å². The summed E-state index contributed by atoms with van der Waals surface area (Å²) in [5, 5.41) is 13.1. The molecule has 1 amide bonds. The number of nitrogens with one attached hydrogen (secondary N) is 1. The van der Waals surface area contributed by atoms with Crippen LogP contribution in [0.15, 0.2) is 42.5 Å². The summed E-state index contributed by atoms with van der Waals surface area (Å²) in [6, 6.07) is 12.7. The lowest BCUT2D eigenvalue weighted by Crippen LogP contribution is -2.03. The highest BCUT2D eigenvalue weighted by Gasteiger charge is 2.19. The number of carbonyl (C=O) groups is 1. The van der Waals surface area contributed by atoms with Crippen molar-refractivity contribution in [1.29, 1.82) is 0 Å². The van der Waals surface area contributed by atoms with Crippen molar-refractivity contribution in [2.75, 3.05) is 11.1 Å². The minimum absolute atomic E-state index is 0.00871. The molecule has 0 spiro atoms. The molecule has 2 aromatic rings. The quantitative estimate of drug-likeness (QED) is 0.716. The SMILES string of the molecule is Nc1cccc(C(O)c2ccc3c(c2)CC(=O)N3)c1. The summed E-state index contributed by atoms with van der Waals surface area (Å²) in [5.74, 6) is -0.00871. The van der Waals surface area contributed by atoms with Crippen molar-refractivity contribution in [2.24, 2.45) is 0 Å². The Labute approximate surface area is 110 Å². The fourth-order valence-electron chi connectivity index (χ4n) is 2.34. The summed E-state index contributed by atoms with van der Waals surface area (Å²) >= 11 is 0. The van der Waals surface area contributed by atoms with Gasteiger partial charge >= 0.3 is 0 Å². The molecule has 1 unspecified atom stereocenters. The molecule has 0 aliphatic carbocycles. The van der Waals surface area contributed by atoms with E-state index in [4.69, 9.17) is 5.73 Å². The zero-order valence-electron chi connectivity index (χ0n) is 10.3. The summed E-state index contributed by atoms with van der Waals surface area (Å²) in [4.78, 5) is 11.3. The van der Waals surface area contributed by atoms with Gasteiger partial charge in [-0.05, 0) is 34.9 Å². The first-order valence-electron chi connectivity index (χ1n) is 6.09. The van der Waals surface area contributed by atoms with Crippen LogP contribution in [0.25, 0.3) is 0 Å². The van der Waals surface area contributed by atoms with E-state index in [2.05, 4.69) is 5.32 Å². The van der Waals surface area contributed by atoms with Gasteiger partial charge in [0.05, 0.1) is 6.42 Å². The Balaban J connectivity index is 1.95. The molecule has 1 aliphatic rings. The van der Waals surface area contributed by atoms with E-state index in [1.165, 1.54) is 0 Å². The Bertz CT molecular complexity index is 652. The molecule has 1 aliphatic heterocycles. The van der Waals surface area contributed by atoms with Crippen molar-refractivity contribution in [2.45, 2.75) is 12.5 Å². The van der Waals surface area contributed by atoms with Crippen molar-refractivity contribution in [3.63, 3.8) is 0 Å². The normalized spacial score (nSPS) is 14.9. The number of aliphatic hydroxyl groups excluding tert-OH is 1. The van der Waals surface area contributed by atoms with Gasteiger partial charge in [0, 0.05) is 11.4 Å². The van der Waals surface area contributed by atoms with Crippen LogP contribution in [0, 0.1) is 0 Å². The number of benzene rings is 2. The van der Waals surface area contributed by atoms with Gasteiger partial charge in [0.1, 0.15) is 6.10 Å². The number of nitrogen functional groups attached to an aromatic ring is 1. The second kappa shape index (κ2) is 4.40. The van der Waals surface area contributed by atoms with Gasteiger partial charge in [-0.15, -0.1) is 0 Å². The molecule has 4 N–H and O–H groups in total. The monoisotopic (exact) mass is 254 g/mol. The first kappa shape index (κ1) is 11.7. The summed E-state index contributed by atoms with van der Waals surface area (Å²) in [7, 11) is 0. The Morgan fingerprint density at radius 3 is 2.74 bits per heavy atom. The van der Waals surface area contributed by atoms with Crippen LogP contribution in [0.2, 0.25) is 0 Å². The summed E-state index contributed by atoms with van der Waals surface area (Å²) in [6.45, 7) is 0. The summed E-state index contributed by atoms with van der Waals surface area (Å²) in [5.41, 5.74) is 9.60. The first-order valence-corrected chi connectivity index (χ1v) is 6.09. The van der Waals surface area contributed by atoms with Gasteiger partial charge in [-0.3, -0.25) is 4.79 Å². The largest absolute Gasteiger partial charge is 0.399 e. The highest BCUT2D eigenvalue weighted by molar-refractivity contribution is 5.99. The van der Waals surface area contributed by atoms with Gasteiger partial charge in [-0.1, -0.05) is 24.3 Å². The zero-order valence-corrected chi connectivity index (χ0v) is 10.3. The van der Waals surface area contributed by atoms with Crippen LogP contribution in [0.3, 0.4) is 0 Å². The average molecular weight is 254 g/mol. The fourth-order valence-corrected chi connectivity index (χ4v) is 2.34. The second-order valence-corrected chi connectivity index (χ2v) is 4.71. The van der Waals surface area contributed by atoms with E-state index in [1.807, 2.05) is 30.3 Å². The number of carbonyl (C=O) groups excluding carboxylic acids is 1. The van der Waals surface area contributed by atoms with Gasteiger partial charge in [0.15, 0.2) is 0 Å². The molecule has 3 rings (SSSR count). The lowest BCUT2D eigenvalue weighted by Gasteiger charge is -2.13. The van der Waals surface area contributed by atoms with Gasteiger partial charge in [-0.2, -0.15) is 0 Å². The van der Waals surface area contributed by atoms with Gasteiger partial charge in [0.2, 0.25) is 5.91 Å². The van der Waals surface area contributed by atoms with Crippen LogP contribution < -0.4 is 11.1 Å². The predicted octanol–water partition coefficient (Wildman–Crippen LogP) is 1.85. The standard InChI is InChI=1S/C15H14N2O2/c16-12-3-1-2-9(7-12)15(19)10-4-5-13-11(6-10)8-14(18)17-13/h1-7,15,19H,8,16H2,(H,17,18). The Kier molecular flexibility index (Phi) is 2.72. The van der Waals surface area contributed by atoms with Gasteiger partial charge in [0.25, 0.3) is 0 Å². The average Bonchev–Trinajstić information content (AvgIpc) is 2.76. The number of anilines is 2. The maximum atomic E-state index is 11.3. The molecule has 0 saturated heterocycles. The molecule has 19 heavy (non-hydrogen) atoms. The Morgan fingerprint density at radius 2 is 1.95 bits per heavy atom. The van der Waals surface area contributed by atoms with E-state index < -0.39 is 6.10 Å². The predicted molar refractivity (Wildman–Crippen MR) is 73.7 cm³/mol. The molecule has 4 nitrogen and oxygen atoms in total. The highest BCUT2D eigenvalue weighted by atomic mass is 16.3. The molecular weight excluding hydrogens is 240 g/mol. The summed E-state index contributed by atoms with van der Waals surface area (Å²) < 4.78 is 0. The second-order valence-electron chi connectivity index (χ2n) is 4.71. The minimum Gasteiger partial charge on any atom is -0.399 e. The third-order valence-corrected chi connectivity index (χ3v) is 3.30. The van der Waals surface area contributed by atoms with Gasteiger partial charge < -0.3 is 16.2 Å². The molecule has 0 fully saturated rings. The first-order chi connectivity index (χ1) is 9.13. The zero-order chi connectivity index (χ0) is 13.4. The third-order valence-electron chi connectivity index (χ3n) is 3.30. The fraction of sp³-hybridized carbons (Fsp3) is 0.133. The van der Waals surface area contributed by atoms with Crippen LogP contribution in [0.5, 0.6) is 0 Å². The number of amides is 1. The number of rotatable bonds is 2. The third kappa shape index (κ3) is 2.18. The molecule has 96 valence electrons. The molecule has 0 radical (unpaired) electrons. The lowest BCUT2D eigenvalue weighted by atomic mass is 9.98. The van der Waals surface area contributed by atoms with Crippen molar-refractivity contribution >= 4 is 17.3 Å². The van der Waals surface area contributed by atoms with Crippen LogP contribution >= 0.6 is 0 Å². The van der Waals surface area contributed by atoms with E-state index in [1.54, 1.807) is 12.1 Å². The number of nitrogens with two attached hydrogens (primary N) is 1. The van der Waals surface area contributed by atoms with E-state index >= 15 is 0 Å². The molecule has 2 aromatic carbocycles. The maximum absolute atomic E-state index is 11.3. The minimum atomic E-state index is -0.732. The molecule has 0 aromatic heterocycles. The molecule has 1 atom stereocenters. The summed E-state index contributed by atoms with van der Waals surface area (Å²) in [6.07, 6.45) is -0.364. The maximum Gasteiger partial charge on any atom is 0.228 e. The molecule has 1 heterocycles.